The van der Waals surface area contributed by atoms with Gasteiger partial charge >= 0.3 is 5.97 Å². The minimum Gasteiger partial charge on any atom is -0.481 e. The monoisotopic (exact) mass is 296 g/mol. The fourth-order valence-corrected chi connectivity index (χ4v) is 2.31. The lowest BCUT2D eigenvalue weighted by Crippen LogP contribution is -2.50. The van der Waals surface area contributed by atoms with Crippen LogP contribution in [0.3, 0.4) is 0 Å². The van der Waals surface area contributed by atoms with E-state index in [1.807, 2.05) is 11.0 Å². The van der Waals surface area contributed by atoms with Crippen molar-refractivity contribution in [1.29, 1.82) is 0 Å². The van der Waals surface area contributed by atoms with Gasteiger partial charge in [-0.25, -0.2) is 0 Å². The van der Waals surface area contributed by atoms with Gasteiger partial charge < -0.3 is 19.2 Å². The molecule has 0 saturated carbocycles. The highest BCUT2D eigenvalue weighted by atomic mass is 16.5. The highest BCUT2D eigenvalue weighted by Gasteiger charge is 2.27. The molecule has 7 heteroatoms. The minimum atomic E-state index is -0.883. The molecule has 1 amide bonds. The Balaban J connectivity index is 1.88. The van der Waals surface area contributed by atoms with Crippen molar-refractivity contribution < 1.29 is 23.8 Å². The molecule has 116 valence electrons. The van der Waals surface area contributed by atoms with E-state index in [0.717, 1.165) is 5.76 Å². The number of nitrogens with zero attached hydrogens (tertiary/aromatic N) is 2. The third kappa shape index (κ3) is 4.57. The largest absolute Gasteiger partial charge is 0.481 e. The van der Waals surface area contributed by atoms with Crippen LogP contribution in [0.25, 0.3) is 0 Å². The number of carbonyl (C=O) groups excluding carboxylic acids is 1. The first-order valence-corrected chi connectivity index (χ1v) is 6.86. The summed E-state index contributed by atoms with van der Waals surface area (Å²) in [6.07, 6.45) is 1.55. The van der Waals surface area contributed by atoms with Crippen molar-refractivity contribution >= 4 is 11.9 Å². The van der Waals surface area contributed by atoms with Crippen LogP contribution in [0.5, 0.6) is 0 Å². The average Bonchev–Trinajstić information content (AvgIpc) is 2.93. The van der Waals surface area contributed by atoms with Gasteiger partial charge in [0.25, 0.3) is 0 Å². The first-order valence-electron chi connectivity index (χ1n) is 6.86. The van der Waals surface area contributed by atoms with Crippen LogP contribution < -0.4 is 0 Å². The quantitative estimate of drug-likeness (QED) is 0.819. The van der Waals surface area contributed by atoms with Crippen LogP contribution in [-0.4, -0.2) is 66.2 Å². The number of aliphatic carboxylic acids is 1. The molecule has 7 nitrogen and oxygen atoms in total. The van der Waals surface area contributed by atoms with Gasteiger partial charge in [0.05, 0.1) is 39.0 Å². The second-order valence-electron chi connectivity index (χ2n) is 5.13. The van der Waals surface area contributed by atoms with E-state index in [9.17, 15) is 9.59 Å². The molecule has 1 atom stereocenters. The van der Waals surface area contributed by atoms with Gasteiger partial charge in [-0.2, -0.15) is 0 Å². The predicted octanol–water partition coefficient (Wildman–Crippen LogP) is 0.413. The molecule has 1 aliphatic heterocycles. The maximum atomic E-state index is 12.2. The maximum Gasteiger partial charge on any atom is 0.305 e. The summed E-state index contributed by atoms with van der Waals surface area (Å²) < 4.78 is 10.5. The third-order valence-electron chi connectivity index (χ3n) is 3.50. The summed E-state index contributed by atoms with van der Waals surface area (Å²) in [5.74, 6) is -0.231. The van der Waals surface area contributed by atoms with Crippen molar-refractivity contribution in [2.45, 2.75) is 19.0 Å². The summed E-state index contributed by atoms with van der Waals surface area (Å²) >= 11 is 0. The Hall–Kier alpha value is -1.86. The first kappa shape index (κ1) is 15.5. The van der Waals surface area contributed by atoms with Crippen LogP contribution in [0.15, 0.2) is 22.8 Å². The molecular weight excluding hydrogens is 276 g/mol. The number of carboxylic acids is 1. The Morgan fingerprint density at radius 3 is 3.00 bits per heavy atom. The Kier molecular flexibility index (Phi) is 5.35. The summed E-state index contributed by atoms with van der Waals surface area (Å²) in [7, 11) is 1.71. The van der Waals surface area contributed by atoms with E-state index in [2.05, 4.69) is 0 Å². The Bertz CT molecular complexity index is 474. The summed E-state index contributed by atoms with van der Waals surface area (Å²) in [6.45, 7) is 2.03. The molecule has 1 unspecified atom stereocenters. The fraction of sp³-hybridized carbons (Fsp3) is 0.571. The van der Waals surface area contributed by atoms with E-state index < -0.39 is 5.97 Å². The Labute approximate surface area is 123 Å². The zero-order valence-corrected chi connectivity index (χ0v) is 12.0. The van der Waals surface area contributed by atoms with E-state index in [-0.39, 0.29) is 24.9 Å². The number of likely N-dealkylation sites (N-methyl/N-ethyl adjacent to an activating group) is 1. The molecule has 1 aromatic rings. The van der Waals surface area contributed by atoms with Crippen LogP contribution >= 0.6 is 0 Å². The molecule has 1 fully saturated rings. The summed E-state index contributed by atoms with van der Waals surface area (Å²) in [5, 5.41) is 8.91. The second-order valence-corrected chi connectivity index (χ2v) is 5.13. The van der Waals surface area contributed by atoms with Gasteiger partial charge in [0.1, 0.15) is 5.76 Å². The number of hydrogen-bond donors (Lipinski definition) is 1. The van der Waals surface area contributed by atoms with E-state index in [1.165, 1.54) is 0 Å². The fourth-order valence-electron chi connectivity index (χ4n) is 2.31. The van der Waals surface area contributed by atoms with Crippen LogP contribution in [-0.2, 0) is 20.9 Å². The maximum absolute atomic E-state index is 12.2. The Morgan fingerprint density at radius 2 is 2.33 bits per heavy atom. The van der Waals surface area contributed by atoms with E-state index in [0.29, 0.717) is 26.3 Å². The van der Waals surface area contributed by atoms with Crippen LogP contribution in [0, 0.1) is 0 Å². The second kappa shape index (κ2) is 7.24. The zero-order valence-electron chi connectivity index (χ0n) is 12.0. The highest BCUT2D eigenvalue weighted by molar-refractivity contribution is 5.78. The number of amides is 1. The molecule has 2 rings (SSSR count). The van der Waals surface area contributed by atoms with Gasteiger partial charge in [-0.3, -0.25) is 14.5 Å². The van der Waals surface area contributed by atoms with E-state index in [4.69, 9.17) is 14.3 Å². The predicted molar refractivity (Wildman–Crippen MR) is 73.6 cm³/mol. The summed E-state index contributed by atoms with van der Waals surface area (Å²) in [6, 6.07) is 3.33. The third-order valence-corrected chi connectivity index (χ3v) is 3.50. The molecule has 0 spiro atoms. The standard InChI is InChI=1S/C14H20N2O5/c1-15(8-12-3-2-5-21-12)13(17)9-16-4-6-20-10-11(16)7-14(18)19/h2-3,5,11H,4,6-10H2,1H3,(H,18,19). The molecule has 0 radical (unpaired) electrons. The number of furan rings is 1. The van der Waals surface area contributed by atoms with Gasteiger partial charge in [0.15, 0.2) is 0 Å². The number of carboxylic acid groups (broad SMARTS) is 1. The normalized spacial score (nSPS) is 19.4. The average molecular weight is 296 g/mol. The first-order chi connectivity index (χ1) is 10.1. The molecule has 1 saturated heterocycles. The lowest BCUT2D eigenvalue weighted by atomic mass is 10.1. The van der Waals surface area contributed by atoms with Crippen molar-refractivity contribution in [2.75, 3.05) is 33.4 Å². The van der Waals surface area contributed by atoms with Crippen LogP contribution in [0.1, 0.15) is 12.2 Å². The van der Waals surface area contributed by atoms with Crippen molar-refractivity contribution in [3.05, 3.63) is 24.2 Å². The van der Waals surface area contributed by atoms with E-state index >= 15 is 0 Å². The van der Waals surface area contributed by atoms with Gasteiger partial charge in [-0.05, 0) is 12.1 Å². The molecule has 2 heterocycles. The molecule has 1 aromatic heterocycles. The van der Waals surface area contributed by atoms with Crippen molar-refractivity contribution in [3.8, 4) is 0 Å². The van der Waals surface area contributed by atoms with Gasteiger partial charge in [-0.15, -0.1) is 0 Å². The molecule has 0 bridgehead atoms. The summed E-state index contributed by atoms with van der Waals surface area (Å²) in [5.41, 5.74) is 0. The molecule has 1 N–H and O–H groups in total. The number of morpholine rings is 1. The lowest BCUT2D eigenvalue weighted by molar-refractivity contribution is -0.143. The van der Waals surface area contributed by atoms with E-state index in [1.54, 1.807) is 24.3 Å². The Morgan fingerprint density at radius 1 is 1.52 bits per heavy atom. The smallest absolute Gasteiger partial charge is 0.305 e. The SMILES string of the molecule is CN(Cc1ccco1)C(=O)CN1CCOCC1CC(=O)O. The van der Waals surface area contributed by atoms with Crippen molar-refractivity contribution in [1.82, 2.24) is 9.80 Å². The number of hydrogen-bond acceptors (Lipinski definition) is 5. The van der Waals surface area contributed by atoms with Gasteiger partial charge in [-0.1, -0.05) is 0 Å². The minimum absolute atomic E-state index is 0.0187. The zero-order chi connectivity index (χ0) is 15.2. The summed E-state index contributed by atoms with van der Waals surface area (Å²) in [4.78, 5) is 26.5. The number of rotatable bonds is 6. The van der Waals surface area contributed by atoms with Gasteiger partial charge in [0, 0.05) is 19.6 Å². The van der Waals surface area contributed by atoms with Crippen molar-refractivity contribution in [2.24, 2.45) is 0 Å². The van der Waals surface area contributed by atoms with Gasteiger partial charge in [0.2, 0.25) is 5.91 Å². The number of ether oxygens (including phenoxy) is 1. The molecule has 0 aliphatic carbocycles. The molecular formula is C14H20N2O5. The molecule has 21 heavy (non-hydrogen) atoms. The molecule has 1 aliphatic rings. The number of carbonyl (C=O) groups is 2. The van der Waals surface area contributed by atoms with Crippen LogP contribution in [0.4, 0.5) is 0 Å². The van der Waals surface area contributed by atoms with Crippen molar-refractivity contribution in [3.63, 3.8) is 0 Å². The topological polar surface area (TPSA) is 83.2 Å². The highest BCUT2D eigenvalue weighted by Crippen LogP contribution is 2.12. The lowest BCUT2D eigenvalue weighted by Gasteiger charge is -2.35. The van der Waals surface area contributed by atoms with Crippen LogP contribution in [0.2, 0.25) is 0 Å². The molecule has 0 aromatic carbocycles.